The molecule has 0 spiro atoms. The molecule has 104 valence electrons. The molecule has 0 N–H and O–H groups in total. The van der Waals surface area contributed by atoms with Gasteiger partial charge in [0, 0.05) is 30.2 Å². The Balaban J connectivity index is 2.27. The number of aromatic nitrogens is 1. The topological polar surface area (TPSA) is 43.6 Å². The molecule has 1 aromatic heterocycles. The maximum Gasteiger partial charge on any atom is 0.337 e. The Morgan fingerprint density at radius 1 is 1.30 bits per heavy atom. The summed E-state index contributed by atoms with van der Waals surface area (Å²) in [5.74, 6) is -0.353. The van der Waals surface area contributed by atoms with Crippen molar-refractivity contribution in [2.24, 2.45) is 12.0 Å². The van der Waals surface area contributed by atoms with Crippen LogP contribution in [0.3, 0.4) is 0 Å². The van der Waals surface area contributed by atoms with E-state index < -0.39 is 0 Å². The summed E-state index contributed by atoms with van der Waals surface area (Å²) in [6, 6.07) is 9.16. The number of aliphatic imine (C=N–C) groups is 1. The molecule has 4 nitrogen and oxygen atoms in total. The zero-order valence-corrected chi connectivity index (χ0v) is 12.2. The maximum atomic E-state index is 11.5. The van der Waals surface area contributed by atoms with Crippen LogP contribution >= 0.6 is 0 Å². The summed E-state index contributed by atoms with van der Waals surface area (Å²) in [5, 5.41) is 0. The second kappa shape index (κ2) is 5.74. The number of benzene rings is 1. The predicted octanol–water partition coefficient (Wildman–Crippen LogP) is 3.18. The van der Waals surface area contributed by atoms with Crippen molar-refractivity contribution in [2.45, 2.75) is 13.8 Å². The predicted molar refractivity (Wildman–Crippen MR) is 79.9 cm³/mol. The first-order chi connectivity index (χ1) is 9.52. The number of nitrogens with zero attached hydrogens (tertiary/aromatic N) is 2. The first kappa shape index (κ1) is 14.1. The Morgan fingerprint density at radius 3 is 2.65 bits per heavy atom. The van der Waals surface area contributed by atoms with Gasteiger partial charge in [0.05, 0.1) is 18.4 Å². The number of ether oxygens (including phenoxy) is 1. The molecular weight excluding hydrogens is 252 g/mol. The number of rotatable bonds is 3. The van der Waals surface area contributed by atoms with Crippen LogP contribution in [0.5, 0.6) is 0 Å². The molecule has 4 heteroatoms. The van der Waals surface area contributed by atoms with Gasteiger partial charge in [-0.1, -0.05) is 6.07 Å². The number of aryl methyl sites for hydroxylation is 1. The average Bonchev–Trinajstić information content (AvgIpc) is 2.72. The molecule has 0 atom stereocenters. The molecule has 0 fully saturated rings. The van der Waals surface area contributed by atoms with E-state index in [1.807, 2.05) is 19.3 Å². The fraction of sp³-hybridized carbons (Fsp3) is 0.250. The smallest absolute Gasteiger partial charge is 0.337 e. The molecule has 2 rings (SSSR count). The van der Waals surface area contributed by atoms with Crippen LogP contribution in [0.4, 0.5) is 5.69 Å². The van der Waals surface area contributed by atoms with Gasteiger partial charge in [0.2, 0.25) is 0 Å². The van der Waals surface area contributed by atoms with Crippen molar-refractivity contribution >= 4 is 17.9 Å². The number of carbonyl (C=O) groups is 1. The van der Waals surface area contributed by atoms with E-state index in [1.165, 1.54) is 12.8 Å². The van der Waals surface area contributed by atoms with Gasteiger partial charge in [0.1, 0.15) is 0 Å². The van der Waals surface area contributed by atoms with Gasteiger partial charge < -0.3 is 9.30 Å². The van der Waals surface area contributed by atoms with E-state index in [4.69, 9.17) is 4.74 Å². The summed E-state index contributed by atoms with van der Waals surface area (Å²) in [7, 11) is 3.40. The normalized spacial score (nSPS) is 11.0. The number of carbonyl (C=O) groups excluding carboxylic acids is 1. The van der Waals surface area contributed by atoms with Crippen LogP contribution in [0.1, 0.15) is 27.3 Å². The summed E-state index contributed by atoms with van der Waals surface area (Å²) < 4.78 is 6.82. The fourth-order valence-electron chi connectivity index (χ4n) is 1.99. The molecule has 2 aromatic rings. The number of methoxy groups -OCH3 is 1. The second-order valence-corrected chi connectivity index (χ2v) is 4.69. The minimum Gasteiger partial charge on any atom is -0.465 e. The van der Waals surface area contributed by atoms with Gasteiger partial charge in [0.15, 0.2) is 0 Å². The van der Waals surface area contributed by atoms with Gasteiger partial charge in [-0.3, -0.25) is 4.99 Å². The van der Waals surface area contributed by atoms with Crippen LogP contribution in [0.25, 0.3) is 0 Å². The molecule has 0 unspecified atom stereocenters. The molecular formula is C16H18N2O2. The highest BCUT2D eigenvalue weighted by Gasteiger charge is 2.06. The lowest BCUT2D eigenvalue weighted by atomic mass is 10.2. The molecule has 0 aliphatic carbocycles. The van der Waals surface area contributed by atoms with Gasteiger partial charge >= 0.3 is 5.97 Å². The fourth-order valence-corrected chi connectivity index (χ4v) is 1.99. The maximum absolute atomic E-state index is 11.5. The lowest BCUT2D eigenvalue weighted by Crippen LogP contribution is -2.00. The lowest BCUT2D eigenvalue weighted by Gasteiger charge is -2.00. The molecule has 0 amide bonds. The van der Waals surface area contributed by atoms with Gasteiger partial charge in [-0.05, 0) is 38.1 Å². The molecule has 0 saturated heterocycles. The van der Waals surface area contributed by atoms with Crippen molar-refractivity contribution < 1.29 is 9.53 Å². The van der Waals surface area contributed by atoms with Crippen molar-refractivity contribution in [1.29, 1.82) is 0 Å². The molecule has 1 heterocycles. The summed E-state index contributed by atoms with van der Waals surface area (Å²) >= 11 is 0. The Morgan fingerprint density at radius 2 is 2.05 bits per heavy atom. The highest BCUT2D eigenvalue weighted by molar-refractivity contribution is 5.91. The lowest BCUT2D eigenvalue weighted by molar-refractivity contribution is 0.0601. The number of hydrogen-bond acceptors (Lipinski definition) is 3. The van der Waals surface area contributed by atoms with Crippen LogP contribution in [-0.2, 0) is 11.8 Å². The van der Waals surface area contributed by atoms with E-state index in [2.05, 4.69) is 29.5 Å². The van der Waals surface area contributed by atoms with E-state index in [0.29, 0.717) is 5.56 Å². The van der Waals surface area contributed by atoms with E-state index >= 15 is 0 Å². The first-order valence-corrected chi connectivity index (χ1v) is 6.38. The molecule has 0 radical (unpaired) electrons. The SMILES string of the molecule is COC(=O)c1cccc(N=Cc2cc(C)n(C)c2C)c1. The Kier molecular flexibility index (Phi) is 4.03. The third-order valence-corrected chi connectivity index (χ3v) is 3.43. The largest absolute Gasteiger partial charge is 0.465 e. The van der Waals surface area contributed by atoms with E-state index in [1.54, 1.807) is 18.2 Å². The second-order valence-electron chi connectivity index (χ2n) is 4.69. The average molecular weight is 270 g/mol. The van der Waals surface area contributed by atoms with Crippen molar-refractivity contribution in [2.75, 3.05) is 7.11 Å². The van der Waals surface area contributed by atoms with Crippen LogP contribution in [0.15, 0.2) is 35.3 Å². The quantitative estimate of drug-likeness (QED) is 0.635. The first-order valence-electron chi connectivity index (χ1n) is 6.38. The van der Waals surface area contributed by atoms with Crippen molar-refractivity contribution in [3.63, 3.8) is 0 Å². The minimum absolute atomic E-state index is 0.353. The molecule has 0 saturated carbocycles. The third kappa shape index (κ3) is 2.79. The zero-order chi connectivity index (χ0) is 14.7. The van der Waals surface area contributed by atoms with E-state index in [9.17, 15) is 4.79 Å². The third-order valence-electron chi connectivity index (χ3n) is 3.43. The molecule has 0 bridgehead atoms. The monoisotopic (exact) mass is 270 g/mol. The van der Waals surface area contributed by atoms with Crippen LogP contribution < -0.4 is 0 Å². The van der Waals surface area contributed by atoms with Gasteiger partial charge in [-0.2, -0.15) is 0 Å². The summed E-state index contributed by atoms with van der Waals surface area (Å²) in [5.41, 5.74) is 4.66. The Labute approximate surface area is 118 Å². The molecule has 1 aromatic carbocycles. The van der Waals surface area contributed by atoms with E-state index in [0.717, 1.165) is 16.9 Å². The van der Waals surface area contributed by atoms with E-state index in [-0.39, 0.29) is 5.97 Å². The van der Waals surface area contributed by atoms with Crippen LogP contribution in [0, 0.1) is 13.8 Å². The molecule has 0 aliphatic heterocycles. The van der Waals surface area contributed by atoms with Crippen LogP contribution in [0.2, 0.25) is 0 Å². The van der Waals surface area contributed by atoms with Gasteiger partial charge in [0.25, 0.3) is 0 Å². The highest BCUT2D eigenvalue weighted by atomic mass is 16.5. The number of esters is 1. The van der Waals surface area contributed by atoms with Gasteiger partial charge in [-0.15, -0.1) is 0 Å². The van der Waals surface area contributed by atoms with Crippen molar-refractivity contribution in [3.05, 3.63) is 52.8 Å². The van der Waals surface area contributed by atoms with Crippen LogP contribution in [-0.4, -0.2) is 23.9 Å². The summed E-state index contributed by atoms with van der Waals surface area (Å²) in [4.78, 5) is 15.9. The number of hydrogen-bond donors (Lipinski definition) is 0. The van der Waals surface area contributed by atoms with Crippen molar-refractivity contribution in [3.8, 4) is 0 Å². The van der Waals surface area contributed by atoms with Crippen molar-refractivity contribution in [1.82, 2.24) is 4.57 Å². The highest BCUT2D eigenvalue weighted by Crippen LogP contribution is 2.16. The minimum atomic E-state index is -0.353. The molecule has 20 heavy (non-hydrogen) atoms. The molecule has 0 aliphatic rings. The summed E-state index contributed by atoms with van der Waals surface area (Å²) in [6.07, 6.45) is 1.82. The zero-order valence-electron chi connectivity index (χ0n) is 12.2. The Hall–Kier alpha value is -2.36. The van der Waals surface area contributed by atoms with Gasteiger partial charge in [-0.25, -0.2) is 4.79 Å². The Bertz CT molecular complexity index is 669. The standard InChI is InChI=1S/C16H18N2O2/c1-11-8-14(12(2)18(11)3)10-17-15-7-5-6-13(9-15)16(19)20-4/h5-10H,1-4H3. The summed E-state index contributed by atoms with van der Waals surface area (Å²) in [6.45, 7) is 4.11.